The molecule has 90 valence electrons. The van der Waals surface area contributed by atoms with E-state index in [1.807, 2.05) is 18.5 Å². The Morgan fingerprint density at radius 1 is 1.62 bits per heavy atom. The molecule has 0 aliphatic rings. The lowest BCUT2D eigenvalue weighted by Gasteiger charge is -2.24. The van der Waals surface area contributed by atoms with Gasteiger partial charge in [0.25, 0.3) is 0 Å². The van der Waals surface area contributed by atoms with E-state index >= 15 is 0 Å². The lowest BCUT2D eigenvalue weighted by molar-refractivity contribution is -0.122. The second kappa shape index (κ2) is 4.84. The molecule has 0 spiro atoms. The number of hydrogen-bond donors (Lipinski definition) is 2. The van der Waals surface area contributed by atoms with Crippen molar-refractivity contribution in [1.82, 2.24) is 20.1 Å². The van der Waals surface area contributed by atoms with Crippen LogP contribution in [0, 0.1) is 6.92 Å². The van der Waals surface area contributed by atoms with E-state index in [-0.39, 0.29) is 5.91 Å². The van der Waals surface area contributed by atoms with Crippen LogP contribution in [0.1, 0.15) is 12.7 Å². The van der Waals surface area contributed by atoms with Crippen molar-refractivity contribution in [3.05, 3.63) is 5.82 Å². The van der Waals surface area contributed by atoms with Gasteiger partial charge < -0.3 is 15.6 Å². The van der Waals surface area contributed by atoms with Crippen molar-refractivity contribution in [2.24, 2.45) is 12.8 Å². The van der Waals surface area contributed by atoms with Gasteiger partial charge in [-0.2, -0.15) is 0 Å². The van der Waals surface area contributed by atoms with Crippen molar-refractivity contribution >= 4 is 17.7 Å². The molecule has 0 saturated heterocycles. The molecule has 0 saturated carbocycles. The van der Waals surface area contributed by atoms with E-state index in [1.54, 1.807) is 14.0 Å². The zero-order chi connectivity index (χ0) is 12.3. The second-order valence-corrected chi connectivity index (χ2v) is 4.77. The van der Waals surface area contributed by atoms with Crippen LogP contribution in [-0.4, -0.2) is 39.0 Å². The molecule has 0 bridgehead atoms. The third-order valence-electron chi connectivity index (χ3n) is 2.64. The monoisotopic (exact) mass is 243 g/mol. The Morgan fingerprint density at radius 3 is 2.62 bits per heavy atom. The summed E-state index contributed by atoms with van der Waals surface area (Å²) in [5.41, 5.74) is 4.60. The van der Waals surface area contributed by atoms with Gasteiger partial charge in [0.1, 0.15) is 11.4 Å². The van der Waals surface area contributed by atoms with Gasteiger partial charge >= 0.3 is 0 Å². The highest BCUT2D eigenvalue weighted by Gasteiger charge is 2.29. The van der Waals surface area contributed by atoms with Gasteiger partial charge in [-0.25, -0.2) is 0 Å². The van der Waals surface area contributed by atoms with Gasteiger partial charge in [0.15, 0.2) is 5.16 Å². The maximum Gasteiger partial charge on any atom is 0.238 e. The third kappa shape index (κ3) is 2.53. The molecule has 0 aliphatic carbocycles. The largest absolute Gasteiger partial charge is 0.368 e. The van der Waals surface area contributed by atoms with Crippen molar-refractivity contribution in [3.63, 3.8) is 0 Å². The first-order valence-corrected chi connectivity index (χ1v) is 5.87. The molecule has 0 aliphatic heterocycles. The average Bonchev–Trinajstić information content (AvgIpc) is 2.56. The summed E-state index contributed by atoms with van der Waals surface area (Å²) in [4.78, 5) is 11.3. The predicted molar refractivity (Wildman–Crippen MR) is 63.1 cm³/mol. The number of thioether (sulfide) groups is 1. The van der Waals surface area contributed by atoms with E-state index in [4.69, 9.17) is 5.73 Å². The fraction of sp³-hybridized carbons (Fsp3) is 0.667. The Bertz CT molecular complexity index is 391. The fourth-order valence-corrected chi connectivity index (χ4v) is 2.12. The van der Waals surface area contributed by atoms with Crippen LogP contribution in [0.5, 0.6) is 0 Å². The van der Waals surface area contributed by atoms with E-state index < -0.39 is 5.54 Å². The summed E-state index contributed by atoms with van der Waals surface area (Å²) in [7, 11) is 3.60. The van der Waals surface area contributed by atoms with Gasteiger partial charge in [0.05, 0.1) is 0 Å². The molecular formula is C9H17N5OS. The number of carbonyl (C=O) groups excluding carboxylic acids is 1. The summed E-state index contributed by atoms with van der Waals surface area (Å²) in [6.07, 6.45) is 0. The molecule has 0 radical (unpaired) electrons. The molecule has 0 fully saturated rings. The first kappa shape index (κ1) is 13.0. The molecule has 3 N–H and O–H groups in total. The van der Waals surface area contributed by atoms with Gasteiger partial charge in [-0.1, -0.05) is 11.8 Å². The van der Waals surface area contributed by atoms with Crippen molar-refractivity contribution < 1.29 is 4.79 Å². The van der Waals surface area contributed by atoms with Crippen LogP contribution in [0.15, 0.2) is 5.16 Å². The number of aryl methyl sites for hydroxylation is 1. The number of carbonyl (C=O) groups is 1. The van der Waals surface area contributed by atoms with Crippen molar-refractivity contribution in [2.75, 3.05) is 12.8 Å². The number of nitrogens with two attached hydrogens (primary N) is 1. The smallest absolute Gasteiger partial charge is 0.238 e. The first-order chi connectivity index (χ1) is 7.40. The number of likely N-dealkylation sites (N-methyl/N-ethyl adjacent to an activating group) is 1. The topological polar surface area (TPSA) is 85.8 Å². The Morgan fingerprint density at radius 2 is 2.25 bits per heavy atom. The van der Waals surface area contributed by atoms with E-state index in [9.17, 15) is 4.79 Å². The van der Waals surface area contributed by atoms with Crippen LogP contribution in [0.4, 0.5) is 0 Å². The Labute approximate surface area is 99.0 Å². The zero-order valence-electron chi connectivity index (χ0n) is 9.94. The van der Waals surface area contributed by atoms with Gasteiger partial charge in [-0.3, -0.25) is 4.79 Å². The Kier molecular flexibility index (Phi) is 3.93. The summed E-state index contributed by atoms with van der Waals surface area (Å²) in [6.45, 7) is 3.65. The molecule has 16 heavy (non-hydrogen) atoms. The van der Waals surface area contributed by atoms with Crippen LogP contribution in [0.3, 0.4) is 0 Å². The van der Waals surface area contributed by atoms with Gasteiger partial charge in [-0.05, 0) is 20.9 Å². The molecule has 1 amide bonds. The summed E-state index contributed by atoms with van der Waals surface area (Å²) in [5.74, 6) is 0.985. The van der Waals surface area contributed by atoms with Gasteiger partial charge in [0, 0.05) is 12.8 Å². The highest BCUT2D eigenvalue weighted by molar-refractivity contribution is 7.99. The van der Waals surface area contributed by atoms with Crippen molar-refractivity contribution in [1.29, 1.82) is 0 Å². The number of hydrogen-bond acceptors (Lipinski definition) is 5. The van der Waals surface area contributed by atoms with Gasteiger partial charge in [0.2, 0.25) is 5.91 Å². The van der Waals surface area contributed by atoms with Crippen molar-refractivity contribution in [2.45, 2.75) is 24.5 Å². The Balaban J connectivity index is 2.70. The standard InChI is InChI=1S/C9H17N5OS/c1-6-12-13-8(14(6)4)16-5-9(2,11-3)7(10)15/h11H,5H2,1-4H3,(H2,10,15). The van der Waals surface area contributed by atoms with E-state index in [2.05, 4.69) is 15.5 Å². The van der Waals surface area contributed by atoms with E-state index in [0.29, 0.717) is 5.75 Å². The van der Waals surface area contributed by atoms with E-state index in [1.165, 1.54) is 11.8 Å². The van der Waals surface area contributed by atoms with Crippen LogP contribution in [-0.2, 0) is 11.8 Å². The molecule has 1 aromatic heterocycles. The highest BCUT2D eigenvalue weighted by Crippen LogP contribution is 2.20. The number of amides is 1. The van der Waals surface area contributed by atoms with Crippen LogP contribution < -0.4 is 11.1 Å². The molecule has 1 heterocycles. The molecule has 1 atom stereocenters. The van der Waals surface area contributed by atoms with Crippen LogP contribution in [0.2, 0.25) is 0 Å². The van der Waals surface area contributed by atoms with Crippen molar-refractivity contribution in [3.8, 4) is 0 Å². The zero-order valence-corrected chi connectivity index (χ0v) is 10.8. The summed E-state index contributed by atoms with van der Waals surface area (Å²) < 4.78 is 1.88. The molecule has 1 rings (SSSR count). The Hall–Kier alpha value is -1.08. The SMILES string of the molecule is CNC(C)(CSc1nnc(C)n1C)C(N)=O. The number of nitrogens with one attached hydrogen (secondary N) is 1. The molecular weight excluding hydrogens is 226 g/mol. The highest BCUT2D eigenvalue weighted by atomic mass is 32.2. The minimum absolute atomic E-state index is 0.374. The predicted octanol–water partition coefficient (Wildman–Crippen LogP) is -0.321. The minimum atomic E-state index is -0.732. The maximum atomic E-state index is 11.3. The molecule has 6 nitrogen and oxygen atoms in total. The van der Waals surface area contributed by atoms with Gasteiger partial charge in [-0.15, -0.1) is 10.2 Å². The lowest BCUT2D eigenvalue weighted by atomic mass is 10.1. The molecule has 1 aromatic rings. The quantitative estimate of drug-likeness (QED) is 0.692. The summed E-state index contributed by atoms with van der Waals surface area (Å²) in [5, 5.41) is 11.7. The average molecular weight is 243 g/mol. The minimum Gasteiger partial charge on any atom is -0.368 e. The number of aromatic nitrogens is 3. The number of nitrogens with zero attached hydrogens (tertiary/aromatic N) is 3. The summed E-state index contributed by atoms with van der Waals surface area (Å²) >= 11 is 1.45. The summed E-state index contributed by atoms with van der Waals surface area (Å²) in [6, 6.07) is 0. The van der Waals surface area contributed by atoms with Crippen LogP contribution in [0.25, 0.3) is 0 Å². The molecule has 1 unspecified atom stereocenters. The normalized spacial score (nSPS) is 14.8. The molecule has 0 aromatic carbocycles. The second-order valence-electron chi connectivity index (χ2n) is 3.82. The number of rotatable bonds is 5. The first-order valence-electron chi connectivity index (χ1n) is 4.88. The third-order valence-corrected chi connectivity index (χ3v) is 3.97. The maximum absolute atomic E-state index is 11.3. The lowest BCUT2D eigenvalue weighted by Crippen LogP contribution is -2.53. The fourth-order valence-electron chi connectivity index (χ4n) is 0.989. The van der Waals surface area contributed by atoms with Crippen LogP contribution >= 0.6 is 11.8 Å². The molecule has 7 heteroatoms. The number of primary amides is 1. The van der Waals surface area contributed by atoms with E-state index in [0.717, 1.165) is 11.0 Å².